The first-order valence-electron chi connectivity index (χ1n) is 8.49. The molecule has 4 aromatic carbocycles. The number of benzene rings is 4. The topological polar surface area (TPSA) is 0 Å². The van der Waals surface area contributed by atoms with Crippen LogP contribution in [0.5, 0.6) is 0 Å². The molecule has 4 aromatic rings. The second-order valence-electron chi connectivity index (χ2n) is 6.60. The summed E-state index contributed by atoms with van der Waals surface area (Å²) in [6.45, 7) is 1.56. The Bertz CT molecular complexity index is 1200. The third kappa shape index (κ3) is 3.03. The van der Waals surface area contributed by atoms with Crippen LogP contribution in [0.2, 0.25) is 0 Å². The lowest BCUT2D eigenvalue weighted by molar-refractivity contribution is 0.517. The van der Waals surface area contributed by atoms with Crippen LogP contribution in [0.25, 0.3) is 33.0 Å². The fourth-order valence-corrected chi connectivity index (χ4v) is 3.31. The standard InChI is InChI=1S/C23H13F5/c1-12-8-20(26)22(21(27)9-12)15-3-5-16(19(25)11-15)13-2-6-17-14(10-13)4-7-18(24)23(17)28/h2-11H,1H3. The summed E-state index contributed by atoms with van der Waals surface area (Å²) >= 11 is 0. The van der Waals surface area contributed by atoms with E-state index in [2.05, 4.69) is 0 Å². The molecular weight excluding hydrogens is 371 g/mol. The number of hydrogen-bond donors (Lipinski definition) is 0. The van der Waals surface area contributed by atoms with Gasteiger partial charge in [-0.1, -0.05) is 30.3 Å². The fraction of sp³-hybridized carbons (Fsp3) is 0.0435. The molecule has 0 nitrogen and oxygen atoms in total. The quantitative estimate of drug-likeness (QED) is 0.321. The minimum atomic E-state index is -0.967. The van der Waals surface area contributed by atoms with E-state index in [1.54, 1.807) is 6.92 Å². The van der Waals surface area contributed by atoms with E-state index in [1.165, 1.54) is 48.5 Å². The first kappa shape index (κ1) is 18.2. The lowest BCUT2D eigenvalue weighted by Crippen LogP contribution is -1.94. The molecule has 0 N–H and O–H groups in total. The van der Waals surface area contributed by atoms with Crippen LogP contribution in [0.4, 0.5) is 22.0 Å². The first-order valence-corrected chi connectivity index (χ1v) is 8.49. The van der Waals surface area contributed by atoms with Crippen LogP contribution in [-0.4, -0.2) is 0 Å². The monoisotopic (exact) mass is 384 g/mol. The van der Waals surface area contributed by atoms with Gasteiger partial charge in [0.05, 0.1) is 5.56 Å². The van der Waals surface area contributed by atoms with Crippen molar-refractivity contribution >= 4 is 10.8 Å². The normalized spacial score (nSPS) is 11.2. The van der Waals surface area contributed by atoms with Crippen molar-refractivity contribution in [1.29, 1.82) is 0 Å². The number of rotatable bonds is 2. The number of fused-ring (bicyclic) bond motifs is 1. The van der Waals surface area contributed by atoms with Gasteiger partial charge in [-0.3, -0.25) is 0 Å². The largest absolute Gasteiger partial charge is 0.206 e. The van der Waals surface area contributed by atoms with Gasteiger partial charge in [-0.25, -0.2) is 22.0 Å². The summed E-state index contributed by atoms with van der Waals surface area (Å²) in [5, 5.41) is 0.500. The molecule has 0 saturated heterocycles. The van der Waals surface area contributed by atoms with Crippen molar-refractivity contribution < 1.29 is 22.0 Å². The lowest BCUT2D eigenvalue weighted by Gasteiger charge is -2.10. The minimum absolute atomic E-state index is 0.0742. The molecule has 0 aliphatic heterocycles. The summed E-state index contributed by atoms with van der Waals surface area (Å²) in [7, 11) is 0. The van der Waals surface area contributed by atoms with E-state index in [9.17, 15) is 22.0 Å². The van der Waals surface area contributed by atoms with Crippen molar-refractivity contribution in [2.75, 3.05) is 0 Å². The Balaban J connectivity index is 1.81. The summed E-state index contributed by atoms with van der Waals surface area (Å²) in [5.41, 5.74) is 0.823. The molecule has 28 heavy (non-hydrogen) atoms. The Labute approximate surface area is 157 Å². The molecule has 0 atom stereocenters. The third-order valence-corrected chi connectivity index (χ3v) is 4.66. The predicted octanol–water partition coefficient (Wildman–Crippen LogP) is 7.18. The summed E-state index contributed by atoms with van der Waals surface area (Å²) < 4.78 is 70.2. The van der Waals surface area contributed by atoms with Gasteiger partial charge >= 0.3 is 0 Å². The molecule has 0 saturated carbocycles. The summed E-state index contributed by atoms with van der Waals surface area (Å²) in [4.78, 5) is 0. The Morgan fingerprint density at radius 2 is 1.25 bits per heavy atom. The lowest BCUT2D eigenvalue weighted by atomic mass is 9.96. The molecule has 0 aliphatic carbocycles. The maximum absolute atomic E-state index is 14.7. The van der Waals surface area contributed by atoms with E-state index >= 15 is 0 Å². The first-order chi connectivity index (χ1) is 13.3. The van der Waals surface area contributed by atoms with Crippen LogP contribution in [-0.2, 0) is 0 Å². The molecule has 0 heterocycles. The van der Waals surface area contributed by atoms with Gasteiger partial charge in [0.2, 0.25) is 0 Å². The zero-order chi connectivity index (χ0) is 20.0. The summed E-state index contributed by atoms with van der Waals surface area (Å²) in [6, 6.07) is 13.0. The Kier molecular flexibility index (Phi) is 4.38. The molecule has 0 unspecified atom stereocenters. The third-order valence-electron chi connectivity index (χ3n) is 4.66. The van der Waals surface area contributed by atoms with Crippen molar-refractivity contribution in [1.82, 2.24) is 0 Å². The Morgan fingerprint density at radius 3 is 1.93 bits per heavy atom. The predicted molar refractivity (Wildman–Crippen MR) is 99.3 cm³/mol. The molecule has 0 fully saturated rings. The van der Waals surface area contributed by atoms with Gasteiger partial charge in [0.15, 0.2) is 11.6 Å². The van der Waals surface area contributed by atoms with Crippen LogP contribution >= 0.6 is 0 Å². The van der Waals surface area contributed by atoms with E-state index in [-0.39, 0.29) is 22.1 Å². The van der Waals surface area contributed by atoms with Crippen molar-refractivity contribution in [3.8, 4) is 22.3 Å². The van der Waals surface area contributed by atoms with Crippen LogP contribution in [0.15, 0.2) is 60.7 Å². The smallest absolute Gasteiger partial charge is 0.166 e. The van der Waals surface area contributed by atoms with Crippen LogP contribution in [0, 0.1) is 36.0 Å². The maximum atomic E-state index is 14.7. The van der Waals surface area contributed by atoms with E-state index in [0.29, 0.717) is 16.5 Å². The molecule has 0 spiro atoms. The van der Waals surface area contributed by atoms with Gasteiger partial charge in [0.25, 0.3) is 0 Å². The zero-order valence-electron chi connectivity index (χ0n) is 14.7. The maximum Gasteiger partial charge on any atom is 0.166 e. The van der Waals surface area contributed by atoms with E-state index < -0.39 is 29.1 Å². The van der Waals surface area contributed by atoms with Gasteiger partial charge in [0, 0.05) is 10.9 Å². The highest BCUT2D eigenvalue weighted by Crippen LogP contribution is 2.33. The van der Waals surface area contributed by atoms with E-state index in [4.69, 9.17) is 0 Å². The van der Waals surface area contributed by atoms with Crippen molar-refractivity contribution in [2.45, 2.75) is 6.92 Å². The molecule has 5 heteroatoms. The Morgan fingerprint density at radius 1 is 0.571 bits per heavy atom. The zero-order valence-corrected chi connectivity index (χ0v) is 14.7. The SMILES string of the molecule is Cc1cc(F)c(-c2ccc(-c3ccc4c(F)c(F)ccc4c3)c(F)c2)c(F)c1. The highest BCUT2D eigenvalue weighted by Gasteiger charge is 2.16. The second-order valence-corrected chi connectivity index (χ2v) is 6.60. The molecule has 0 aromatic heterocycles. The van der Waals surface area contributed by atoms with E-state index in [0.717, 1.165) is 12.1 Å². The highest BCUT2D eigenvalue weighted by atomic mass is 19.2. The number of aryl methyl sites for hydroxylation is 1. The Hall–Kier alpha value is -3.21. The van der Waals surface area contributed by atoms with Crippen LogP contribution in [0.1, 0.15) is 5.56 Å². The summed E-state index contributed by atoms with van der Waals surface area (Å²) in [5.74, 6) is -4.15. The fourth-order valence-electron chi connectivity index (χ4n) is 3.31. The van der Waals surface area contributed by atoms with Gasteiger partial charge < -0.3 is 0 Å². The van der Waals surface area contributed by atoms with Gasteiger partial charge in [-0.15, -0.1) is 0 Å². The molecule has 0 radical (unpaired) electrons. The average Bonchev–Trinajstić information content (AvgIpc) is 2.64. The average molecular weight is 384 g/mol. The molecule has 0 amide bonds. The molecule has 140 valence electrons. The van der Waals surface area contributed by atoms with Gasteiger partial charge in [-0.05, 0) is 59.3 Å². The summed E-state index contributed by atoms with van der Waals surface area (Å²) in [6.07, 6.45) is 0. The van der Waals surface area contributed by atoms with Crippen LogP contribution < -0.4 is 0 Å². The van der Waals surface area contributed by atoms with Gasteiger partial charge in [0.1, 0.15) is 17.5 Å². The highest BCUT2D eigenvalue weighted by molar-refractivity contribution is 5.88. The molecule has 0 bridgehead atoms. The van der Waals surface area contributed by atoms with Crippen molar-refractivity contribution in [3.63, 3.8) is 0 Å². The second kappa shape index (κ2) is 6.75. The molecular formula is C23H13F5. The minimum Gasteiger partial charge on any atom is -0.206 e. The van der Waals surface area contributed by atoms with Crippen LogP contribution in [0.3, 0.4) is 0 Å². The molecule has 0 aliphatic rings. The van der Waals surface area contributed by atoms with Crippen molar-refractivity contribution in [3.05, 3.63) is 95.3 Å². The van der Waals surface area contributed by atoms with E-state index in [1.807, 2.05) is 0 Å². The number of halogens is 5. The number of hydrogen-bond acceptors (Lipinski definition) is 0. The van der Waals surface area contributed by atoms with Gasteiger partial charge in [-0.2, -0.15) is 0 Å². The van der Waals surface area contributed by atoms with Crippen molar-refractivity contribution in [2.24, 2.45) is 0 Å². The molecule has 4 rings (SSSR count).